The first-order chi connectivity index (χ1) is 18.3. The molecule has 4 aromatic rings. The summed E-state index contributed by atoms with van der Waals surface area (Å²) in [6, 6.07) is 5.34. The van der Waals surface area contributed by atoms with Crippen LogP contribution in [-0.2, 0) is 7.05 Å². The lowest BCUT2D eigenvalue weighted by molar-refractivity contribution is 0.102. The first-order valence-corrected chi connectivity index (χ1v) is 13.4. The molecule has 4 heterocycles. The number of carbonyl (C=O) groups is 1. The molecular weight excluding hydrogens is 488 g/mol. The molecule has 202 valence electrons. The maximum atomic E-state index is 14.5. The van der Waals surface area contributed by atoms with Crippen molar-refractivity contribution < 1.29 is 13.6 Å². The van der Waals surface area contributed by atoms with E-state index in [1.54, 1.807) is 34.5 Å². The van der Waals surface area contributed by atoms with Gasteiger partial charge >= 0.3 is 0 Å². The highest BCUT2D eigenvalue weighted by Crippen LogP contribution is 2.38. The van der Waals surface area contributed by atoms with Crippen LogP contribution in [-0.4, -0.2) is 56.4 Å². The number of pyridine rings is 1. The van der Waals surface area contributed by atoms with Gasteiger partial charge in [-0.05, 0) is 44.7 Å². The van der Waals surface area contributed by atoms with E-state index in [4.69, 9.17) is 0 Å². The number of nitrogens with zero attached hydrogens (tertiary/aromatic N) is 5. The summed E-state index contributed by atoms with van der Waals surface area (Å²) in [4.78, 5) is 19.7. The molecule has 0 radical (unpaired) electrons. The monoisotopic (exact) mass is 523 g/mol. The van der Waals surface area contributed by atoms with E-state index in [1.807, 2.05) is 33.2 Å². The Labute approximate surface area is 221 Å². The molecule has 0 atom stereocenters. The third-order valence-electron chi connectivity index (χ3n) is 7.35. The lowest BCUT2D eigenvalue weighted by Gasteiger charge is -2.36. The molecular formula is C28H35F2N7O. The number of hydrogen-bond donors (Lipinski definition) is 2. The molecule has 1 saturated heterocycles. The van der Waals surface area contributed by atoms with Gasteiger partial charge < -0.3 is 19.9 Å². The van der Waals surface area contributed by atoms with Crippen LogP contribution in [0, 0.1) is 12.7 Å². The normalized spacial score (nSPS) is 16.9. The zero-order valence-electron chi connectivity index (χ0n) is 22.4. The van der Waals surface area contributed by atoms with Gasteiger partial charge in [0.2, 0.25) is 0 Å². The fourth-order valence-corrected chi connectivity index (χ4v) is 5.28. The van der Waals surface area contributed by atoms with Gasteiger partial charge in [-0.1, -0.05) is 13.8 Å². The second-order valence-electron chi connectivity index (χ2n) is 10.2. The number of aryl methyl sites for hydroxylation is 2. The summed E-state index contributed by atoms with van der Waals surface area (Å²) in [5.41, 5.74) is 3.03. The summed E-state index contributed by atoms with van der Waals surface area (Å²) in [5, 5.41) is 11.8. The van der Waals surface area contributed by atoms with E-state index in [1.165, 1.54) is 6.07 Å². The van der Waals surface area contributed by atoms with Crippen LogP contribution in [0.5, 0.6) is 0 Å². The number of anilines is 2. The zero-order valence-corrected chi connectivity index (χ0v) is 22.4. The van der Waals surface area contributed by atoms with Crippen molar-refractivity contribution >= 4 is 33.8 Å². The van der Waals surface area contributed by atoms with Crippen LogP contribution in [0.3, 0.4) is 0 Å². The van der Waals surface area contributed by atoms with Crippen molar-refractivity contribution in [3.63, 3.8) is 0 Å². The average molecular weight is 524 g/mol. The zero-order chi connectivity index (χ0) is 27.0. The molecule has 1 aromatic carbocycles. The molecule has 0 unspecified atom stereocenters. The standard InChI is InChI=1S/C26H29F2N7O.C2H6/c1-16-12-35-13-18(11-21(28)24(35)29-16)30-25(36)19-3-4-22(20-14-33(2)32-23(19)20)34-9-5-17(6-10-34)31-26(15-27)7-8-26;1-2/h3-4,11-14,17,31H,5-10,15H2,1-2H3,(H,30,36);1-2H3. The number of hydrogen-bond acceptors (Lipinski definition) is 5. The van der Waals surface area contributed by atoms with Gasteiger partial charge in [0.1, 0.15) is 12.2 Å². The van der Waals surface area contributed by atoms with Gasteiger partial charge in [-0.15, -0.1) is 0 Å². The van der Waals surface area contributed by atoms with Crippen LogP contribution in [0.15, 0.2) is 36.8 Å². The number of carbonyl (C=O) groups excluding carboxylic acids is 1. The quantitative estimate of drug-likeness (QED) is 0.372. The Balaban J connectivity index is 0.00000144. The summed E-state index contributed by atoms with van der Waals surface area (Å²) >= 11 is 0. The number of rotatable bonds is 6. The van der Waals surface area contributed by atoms with E-state index in [-0.39, 0.29) is 23.8 Å². The van der Waals surface area contributed by atoms with Gasteiger partial charge in [0.15, 0.2) is 11.5 Å². The molecule has 8 nitrogen and oxygen atoms in total. The van der Waals surface area contributed by atoms with E-state index < -0.39 is 5.82 Å². The SMILES string of the molecule is CC.Cc1cn2cc(NC(=O)c3ccc(N4CCC(NC5(CF)CC5)CC4)c4cn(C)nc34)cc(F)c2n1. The highest BCUT2D eigenvalue weighted by Gasteiger charge is 2.44. The van der Waals surface area contributed by atoms with Gasteiger partial charge in [0.25, 0.3) is 5.91 Å². The van der Waals surface area contributed by atoms with Crippen LogP contribution in [0.1, 0.15) is 55.6 Å². The molecule has 38 heavy (non-hydrogen) atoms. The molecule has 1 aliphatic carbocycles. The maximum Gasteiger partial charge on any atom is 0.257 e. The smallest absolute Gasteiger partial charge is 0.257 e. The molecule has 3 aromatic heterocycles. The summed E-state index contributed by atoms with van der Waals surface area (Å²) in [6.45, 7) is 7.19. The number of benzene rings is 1. The van der Waals surface area contributed by atoms with Gasteiger partial charge in [-0.25, -0.2) is 13.8 Å². The molecule has 2 N–H and O–H groups in total. The van der Waals surface area contributed by atoms with Crippen LogP contribution >= 0.6 is 0 Å². The molecule has 2 aliphatic rings. The van der Waals surface area contributed by atoms with Crippen molar-refractivity contribution in [1.82, 2.24) is 24.5 Å². The van der Waals surface area contributed by atoms with Crippen molar-refractivity contribution in [2.24, 2.45) is 7.05 Å². The minimum absolute atomic E-state index is 0.220. The van der Waals surface area contributed by atoms with Crippen molar-refractivity contribution in [2.75, 3.05) is 30.0 Å². The second kappa shape index (κ2) is 10.3. The first kappa shape index (κ1) is 26.1. The number of halogens is 2. The van der Waals surface area contributed by atoms with Crippen LogP contribution in [0.2, 0.25) is 0 Å². The van der Waals surface area contributed by atoms with E-state index in [0.717, 1.165) is 49.8 Å². The van der Waals surface area contributed by atoms with Gasteiger partial charge in [0, 0.05) is 67.4 Å². The number of alkyl halides is 1. The van der Waals surface area contributed by atoms with Crippen molar-refractivity contribution in [2.45, 2.75) is 58.0 Å². The Kier molecular flexibility index (Phi) is 7.09. The Morgan fingerprint density at radius 3 is 2.58 bits per heavy atom. The second-order valence-corrected chi connectivity index (χ2v) is 10.2. The lowest BCUT2D eigenvalue weighted by atomic mass is 10.0. The van der Waals surface area contributed by atoms with Crippen LogP contribution in [0.25, 0.3) is 16.6 Å². The van der Waals surface area contributed by atoms with E-state index in [2.05, 4.69) is 25.6 Å². The summed E-state index contributed by atoms with van der Waals surface area (Å²) < 4.78 is 31.1. The Morgan fingerprint density at radius 2 is 1.89 bits per heavy atom. The predicted octanol–water partition coefficient (Wildman–Crippen LogP) is 5.01. The minimum Gasteiger partial charge on any atom is -0.371 e. The number of fused-ring (bicyclic) bond motifs is 2. The topological polar surface area (TPSA) is 79.5 Å². The van der Waals surface area contributed by atoms with E-state index >= 15 is 0 Å². The van der Waals surface area contributed by atoms with Gasteiger partial charge in [-0.3, -0.25) is 9.48 Å². The molecule has 1 amide bonds. The fraction of sp³-hybridized carbons (Fsp3) is 0.464. The fourth-order valence-electron chi connectivity index (χ4n) is 5.28. The van der Waals surface area contributed by atoms with E-state index in [0.29, 0.717) is 28.5 Å². The first-order valence-electron chi connectivity index (χ1n) is 13.4. The number of aromatic nitrogens is 4. The molecule has 10 heteroatoms. The van der Waals surface area contributed by atoms with E-state index in [9.17, 15) is 13.6 Å². The molecule has 2 fully saturated rings. The van der Waals surface area contributed by atoms with Crippen molar-refractivity contribution in [3.05, 3.63) is 53.9 Å². The largest absolute Gasteiger partial charge is 0.371 e. The lowest BCUT2D eigenvalue weighted by Crippen LogP contribution is -2.48. The highest BCUT2D eigenvalue weighted by atomic mass is 19.1. The van der Waals surface area contributed by atoms with Crippen molar-refractivity contribution in [3.8, 4) is 0 Å². The van der Waals surface area contributed by atoms with Crippen LogP contribution < -0.4 is 15.5 Å². The minimum atomic E-state index is -0.503. The number of imidazole rings is 1. The summed E-state index contributed by atoms with van der Waals surface area (Å²) in [6.07, 6.45) is 9.00. The number of nitrogens with one attached hydrogen (secondary N) is 2. The average Bonchev–Trinajstić information content (AvgIpc) is 3.40. The van der Waals surface area contributed by atoms with Gasteiger partial charge in [0.05, 0.1) is 16.9 Å². The maximum absolute atomic E-state index is 14.5. The number of piperidine rings is 1. The van der Waals surface area contributed by atoms with Crippen LogP contribution in [0.4, 0.5) is 20.2 Å². The third kappa shape index (κ3) is 4.97. The Hall–Kier alpha value is -3.53. The summed E-state index contributed by atoms with van der Waals surface area (Å²) in [5.74, 6) is -0.860. The van der Waals surface area contributed by atoms with Gasteiger partial charge in [-0.2, -0.15) is 5.10 Å². The Bertz CT molecular complexity index is 1470. The number of amides is 1. The predicted molar refractivity (Wildman–Crippen MR) is 146 cm³/mol. The molecule has 1 aliphatic heterocycles. The molecule has 0 bridgehead atoms. The molecule has 0 spiro atoms. The highest BCUT2D eigenvalue weighted by molar-refractivity contribution is 6.13. The Morgan fingerprint density at radius 1 is 1.16 bits per heavy atom. The molecule has 1 saturated carbocycles. The summed E-state index contributed by atoms with van der Waals surface area (Å²) in [7, 11) is 1.83. The third-order valence-corrected chi connectivity index (χ3v) is 7.35. The molecule has 6 rings (SSSR count). The van der Waals surface area contributed by atoms with Crippen molar-refractivity contribution in [1.29, 1.82) is 0 Å².